The van der Waals surface area contributed by atoms with Gasteiger partial charge in [-0.25, -0.2) is 9.37 Å². The molecule has 0 N–H and O–H groups in total. The Morgan fingerprint density at radius 2 is 2.24 bits per heavy atom. The first kappa shape index (κ1) is 17.6. The number of aromatic nitrogens is 1. The van der Waals surface area contributed by atoms with Crippen LogP contribution in [-0.4, -0.2) is 47.9 Å². The highest BCUT2D eigenvalue weighted by molar-refractivity contribution is 5.79. The number of carbonyl (C=O) groups is 1. The molecule has 1 aliphatic heterocycles. The van der Waals surface area contributed by atoms with Crippen molar-refractivity contribution in [3.05, 3.63) is 53.5 Å². The van der Waals surface area contributed by atoms with E-state index in [1.165, 1.54) is 12.1 Å². The fourth-order valence-corrected chi connectivity index (χ4v) is 3.43. The molecule has 5 nitrogen and oxygen atoms in total. The molecule has 0 radical (unpaired) electrons. The minimum Gasteiger partial charge on any atom is -0.443 e. The lowest BCUT2D eigenvalue weighted by Crippen LogP contribution is -2.46. The normalized spacial score (nSPS) is 20.4. The fourth-order valence-electron chi connectivity index (χ4n) is 3.43. The predicted octanol–water partition coefficient (Wildman–Crippen LogP) is 2.80. The summed E-state index contributed by atoms with van der Waals surface area (Å²) in [6.07, 6.45) is 3.91. The highest BCUT2D eigenvalue weighted by Crippen LogP contribution is 2.38. The first-order chi connectivity index (χ1) is 11.9. The number of carbonyl (C=O) groups excluding carboxylic acids is 1. The topological polar surface area (TPSA) is 49.6 Å². The van der Waals surface area contributed by atoms with Crippen molar-refractivity contribution in [1.82, 2.24) is 14.8 Å². The number of amides is 1. The maximum atomic E-state index is 13.3. The maximum Gasteiger partial charge on any atom is 0.237 e. The van der Waals surface area contributed by atoms with E-state index in [-0.39, 0.29) is 11.7 Å². The second kappa shape index (κ2) is 6.96. The van der Waals surface area contributed by atoms with Crippen LogP contribution < -0.4 is 0 Å². The largest absolute Gasteiger partial charge is 0.443 e. The van der Waals surface area contributed by atoms with Crippen LogP contribution in [0.4, 0.5) is 4.39 Å². The quantitative estimate of drug-likeness (QED) is 0.836. The molecule has 1 aromatic heterocycles. The number of halogens is 1. The zero-order valence-electron chi connectivity index (χ0n) is 15.0. The highest BCUT2D eigenvalue weighted by Gasteiger charge is 2.44. The van der Waals surface area contributed by atoms with E-state index in [1.54, 1.807) is 12.3 Å². The molecule has 0 saturated carbocycles. The van der Waals surface area contributed by atoms with Crippen molar-refractivity contribution in [2.45, 2.75) is 31.7 Å². The summed E-state index contributed by atoms with van der Waals surface area (Å²) in [5, 5.41) is 0. The van der Waals surface area contributed by atoms with Crippen LogP contribution in [0.3, 0.4) is 0 Å². The third kappa shape index (κ3) is 3.74. The summed E-state index contributed by atoms with van der Waals surface area (Å²) in [6.45, 7) is 3.09. The number of hydrogen-bond acceptors (Lipinski definition) is 4. The van der Waals surface area contributed by atoms with Gasteiger partial charge in [0.15, 0.2) is 0 Å². The summed E-state index contributed by atoms with van der Waals surface area (Å²) < 4.78 is 19.3. The Kier molecular flexibility index (Phi) is 4.90. The van der Waals surface area contributed by atoms with E-state index in [0.717, 1.165) is 18.4 Å². The molecule has 1 fully saturated rings. The van der Waals surface area contributed by atoms with Crippen molar-refractivity contribution in [3.8, 4) is 0 Å². The summed E-state index contributed by atoms with van der Waals surface area (Å²) in [4.78, 5) is 20.7. The van der Waals surface area contributed by atoms with Gasteiger partial charge in [-0.15, -0.1) is 0 Å². The lowest BCUT2D eigenvalue weighted by Gasteiger charge is -2.33. The third-order valence-corrected chi connectivity index (χ3v) is 4.68. The first-order valence-corrected chi connectivity index (χ1v) is 8.53. The molecule has 2 heterocycles. The Bertz CT molecular complexity index is 759. The van der Waals surface area contributed by atoms with Gasteiger partial charge in [-0.05, 0) is 51.6 Å². The molecule has 0 bridgehead atoms. The van der Waals surface area contributed by atoms with Gasteiger partial charge in [-0.2, -0.15) is 0 Å². The van der Waals surface area contributed by atoms with E-state index < -0.39 is 5.54 Å². The minimum atomic E-state index is -0.521. The van der Waals surface area contributed by atoms with E-state index in [4.69, 9.17) is 4.42 Å². The zero-order chi connectivity index (χ0) is 18.0. The average Bonchev–Trinajstić information content (AvgIpc) is 3.14. The summed E-state index contributed by atoms with van der Waals surface area (Å²) in [5.41, 5.74) is 0.313. The van der Waals surface area contributed by atoms with Gasteiger partial charge in [0.2, 0.25) is 11.8 Å². The van der Waals surface area contributed by atoms with Crippen LogP contribution in [0.2, 0.25) is 0 Å². The molecule has 6 heteroatoms. The monoisotopic (exact) mass is 345 g/mol. The molecule has 0 unspecified atom stereocenters. The summed E-state index contributed by atoms with van der Waals surface area (Å²) >= 11 is 0. The third-order valence-electron chi connectivity index (χ3n) is 4.68. The molecule has 25 heavy (non-hydrogen) atoms. The summed E-state index contributed by atoms with van der Waals surface area (Å²) in [7, 11) is 3.76. The number of hydrogen-bond donors (Lipinski definition) is 0. The number of rotatable bonds is 5. The molecule has 0 spiro atoms. The summed E-state index contributed by atoms with van der Waals surface area (Å²) in [6, 6.07) is 6.45. The van der Waals surface area contributed by atoms with Gasteiger partial charge in [-0.1, -0.05) is 12.1 Å². The Hall–Kier alpha value is -2.21. The van der Waals surface area contributed by atoms with Crippen LogP contribution in [0.1, 0.15) is 37.0 Å². The molecule has 1 aromatic carbocycles. The molecular formula is C19H24FN3O2. The molecule has 0 aliphatic carbocycles. The molecular weight excluding hydrogens is 321 g/mol. The molecule has 1 aliphatic rings. The van der Waals surface area contributed by atoms with Crippen molar-refractivity contribution in [1.29, 1.82) is 0 Å². The highest BCUT2D eigenvalue weighted by atomic mass is 19.1. The molecule has 3 rings (SSSR count). The lowest BCUT2D eigenvalue weighted by molar-refractivity contribution is -0.136. The van der Waals surface area contributed by atoms with Crippen molar-refractivity contribution < 1.29 is 13.6 Å². The number of likely N-dealkylation sites (N-methyl/N-ethyl adjacent to an activating group) is 1. The van der Waals surface area contributed by atoms with E-state index in [1.807, 2.05) is 36.9 Å². The predicted molar refractivity (Wildman–Crippen MR) is 92.6 cm³/mol. The van der Waals surface area contributed by atoms with Gasteiger partial charge in [0.1, 0.15) is 17.1 Å². The van der Waals surface area contributed by atoms with E-state index in [0.29, 0.717) is 31.2 Å². The molecule has 1 atom stereocenters. The zero-order valence-corrected chi connectivity index (χ0v) is 15.0. The molecule has 134 valence electrons. The number of benzene rings is 1. The van der Waals surface area contributed by atoms with Crippen LogP contribution in [0.15, 0.2) is 34.9 Å². The van der Waals surface area contributed by atoms with Gasteiger partial charge in [-0.3, -0.25) is 4.79 Å². The average molecular weight is 345 g/mol. The molecule has 2 aromatic rings. The van der Waals surface area contributed by atoms with Crippen molar-refractivity contribution >= 4 is 5.91 Å². The second-order valence-electron chi connectivity index (χ2n) is 7.10. The second-order valence-corrected chi connectivity index (χ2v) is 7.10. The van der Waals surface area contributed by atoms with Crippen molar-refractivity contribution in [2.24, 2.45) is 0 Å². The SMILES string of the molecule is CN(C)CC(=O)N1CCC[C@@]1(C)c1ncc(Cc2cccc(F)c2)o1. The fraction of sp³-hybridized carbons (Fsp3) is 0.474. The van der Waals surface area contributed by atoms with E-state index in [2.05, 4.69) is 4.98 Å². The molecule has 1 saturated heterocycles. The van der Waals surface area contributed by atoms with Crippen LogP contribution in [-0.2, 0) is 16.8 Å². The van der Waals surface area contributed by atoms with Crippen molar-refractivity contribution in [3.63, 3.8) is 0 Å². The maximum absolute atomic E-state index is 13.3. The Balaban J connectivity index is 1.79. The van der Waals surface area contributed by atoms with Crippen LogP contribution in [0.25, 0.3) is 0 Å². The van der Waals surface area contributed by atoms with Gasteiger partial charge >= 0.3 is 0 Å². The smallest absolute Gasteiger partial charge is 0.237 e. The number of nitrogens with zero attached hydrogens (tertiary/aromatic N) is 3. The van der Waals surface area contributed by atoms with Crippen LogP contribution in [0.5, 0.6) is 0 Å². The Labute approximate surface area is 147 Å². The van der Waals surface area contributed by atoms with Gasteiger partial charge in [0.05, 0.1) is 12.7 Å². The van der Waals surface area contributed by atoms with Gasteiger partial charge in [0, 0.05) is 13.0 Å². The van der Waals surface area contributed by atoms with Crippen LogP contribution in [0, 0.1) is 5.82 Å². The van der Waals surface area contributed by atoms with E-state index >= 15 is 0 Å². The van der Waals surface area contributed by atoms with Gasteiger partial charge < -0.3 is 14.2 Å². The first-order valence-electron chi connectivity index (χ1n) is 8.53. The lowest BCUT2D eigenvalue weighted by atomic mass is 9.99. The minimum absolute atomic E-state index is 0.0786. The van der Waals surface area contributed by atoms with E-state index in [9.17, 15) is 9.18 Å². The molecule has 1 amide bonds. The summed E-state index contributed by atoms with van der Waals surface area (Å²) in [5.74, 6) is 1.05. The standard InChI is InChI=1S/C19H24FN3O2/c1-19(8-5-9-23(19)17(24)13-22(2)3)18-21-12-16(25-18)11-14-6-4-7-15(20)10-14/h4,6-7,10,12H,5,8-9,11,13H2,1-3H3/t19-/m0/s1. The Morgan fingerprint density at radius 1 is 1.44 bits per heavy atom. The Morgan fingerprint density at radius 3 is 2.96 bits per heavy atom. The number of oxazole rings is 1. The van der Waals surface area contributed by atoms with Gasteiger partial charge in [0.25, 0.3) is 0 Å². The number of likely N-dealkylation sites (tertiary alicyclic amines) is 1. The van der Waals surface area contributed by atoms with Crippen LogP contribution >= 0.6 is 0 Å². The van der Waals surface area contributed by atoms with Crippen molar-refractivity contribution in [2.75, 3.05) is 27.2 Å².